The fourth-order valence-electron chi connectivity index (χ4n) is 1.95. The van der Waals surface area contributed by atoms with Crippen molar-refractivity contribution in [3.63, 3.8) is 0 Å². The summed E-state index contributed by atoms with van der Waals surface area (Å²) < 4.78 is 0. The molecule has 1 rings (SSSR count). The SMILES string of the molecule is CCC(CC)C(=O)NC1CCCNC1. The predicted octanol–water partition coefficient (Wildman–Crippen LogP) is 1.29. The zero-order valence-electron chi connectivity index (χ0n) is 9.31. The van der Waals surface area contributed by atoms with Gasteiger partial charge in [-0.15, -0.1) is 0 Å². The number of hydrogen-bond acceptors (Lipinski definition) is 2. The summed E-state index contributed by atoms with van der Waals surface area (Å²) in [6.07, 6.45) is 4.19. The molecular formula is C11H22N2O. The number of carbonyl (C=O) groups excluding carboxylic acids is 1. The van der Waals surface area contributed by atoms with Crippen LogP contribution < -0.4 is 10.6 Å². The highest BCUT2D eigenvalue weighted by Gasteiger charge is 2.19. The molecule has 3 heteroatoms. The Balaban J connectivity index is 2.30. The molecule has 0 bridgehead atoms. The lowest BCUT2D eigenvalue weighted by Crippen LogP contribution is -2.47. The maximum absolute atomic E-state index is 11.7. The molecule has 0 spiro atoms. The van der Waals surface area contributed by atoms with Crippen molar-refractivity contribution in [2.75, 3.05) is 13.1 Å². The molecule has 1 aliphatic rings. The highest BCUT2D eigenvalue weighted by molar-refractivity contribution is 5.78. The summed E-state index contributed by atoms with van der Waals surface area (Å²) in [5, 5.41) is 6.42. The van der Waals surface area contributed by atoms with E-state index in [1.807, 2.05) is 0 Å². The Kier molecular flexibility index (Phi) is 4.94. The largest absolute Gasteiger partial charge is 0.352 e. The molecule has 1 unspecified atom stereocenters. The van der Waals surface area contributed by atoms with Crippen LogP contribution >= 0.6 is 0 Å². The molecule has 1 fully saturated rings. The summed E-state index contributed by atoms with van der Waals surface area (Å²) in [6.45, 7) is 6.18. The molecule has 1 saturated heterocycles. The lowest BCUT2D eigenvalue weighted by Gasteiger charge is -2.25. The first-order chi connectivity index (χ1) is 6.77. The average Bonchev–Trinajstić information content (AvgIpc) is 2.21. The van der Waals surface area contributed by atoms with Crippen molar-refractivity contribution in [1.29, 1.82) is 0 Å². The van der Waals surface area contributed by atoms with E-state index in [4.69, 9.17) is 0 Å². The molecule has 0 aliphatic carbocycles. The van der Waals surface area contributed by atoms with Crippen LogP contribution in [0.2, 0.25) is 0 Å². The van der Waals surface area contributed by atoms with Gasteiger partial charge in [-0.25, -0.2) is 0 Å². The van der Waals surface area contributed by atoms with Gasteiger partial charge in [-0.3, -0.25) is 4.79 Å². The molecule has 0 radical (unpaired) electrons. The summed E-state index contributed by atoms with van der Waals surface area (Å²) in [4.78, 5) is 11.7. The van der Waals surface area contributed by atoms with Crippen LogP contribution in [-0.2, 0) is 4.79 Å². The van der Waals surface area contributed by atoms with Gasteiger partial charge in [0.05, 0.1) is 0 Å². The van der Waals surface area contributed by atoms with Crippen LogP contribution in [0, 0.1) is 5.92 Å². The van der Waals surface area contributed by atoms with E-state index in [-0.39, 0.29) is 11.8 Å². The van der Waals surface area contributed by atoms with E-state index in [1.54, 1.807) is 0 Å². The second-order valence-electron chi connectivity index (χ2n) is 4.07. The molecule has 1 heterocycles. The van der Waals surface area contributed by atoms with E-state index in [1.165, 1.54) is 6.42 Å². The van der Waals surface area contributed by atoms with Crippen LogP contribution in [0.4, 0.5) is 0 Å². The predicted molar refractivity (Wildman–Crippen MR) is 58.1 cm³/mol. The molecule has 14 heavy (non-hydrogen) atoms. The number of rotatable bonds is 4. The third kappa shape index (κ3) is 3.29. The van der Waals surface area contributed by atoms with Gasteiger partial charge in [0, 0.05) is 18.5 Å². The summed E-state index contributed by atoms with van der Waals surface area (Å²) in [5.74, 6) is 0.445. The summed E-state index contributed by atoms with van der Waals surface area (Å²) in [6, 6.07) is 0.358. The van der Waals surface area contributed by atoms with Crippen molar-refractivity contribution in [2.45, 2.75) is 45.6 Å². The highest BCUT2D eigenvalue weighted by atomic mass is 16.1. The van der Waals surface area contributed by atoms with E-state index in [2.05, 4.69) is 24.5 Å². The highest BCUT2D eigenvalue weighted by Crippen LogP contribution is 2.09. The minimum absolute atomic E-state index is 0.205. The standard InChI is InChI=1S/C11H22N2O/c1-3-9(4-2)11(14)13-10-6-5-7-12-8-10/h9-10,12H,3-8H2,1-2H3,(H,13,14). The van der Waals surface area contributed by atoms with Gasteiger partial charge >= 0.3 is 0 Å². The van der Waals surface area contributed by atoms with Crippen molar-refractivity contribution in [2.24, 2.45) is 5.92 Å². The summed E-state index contributed by atoms with van der Waals surface area (Å²) in [7, 11) is 0. The van der Waals surface area contributed by atoms with Gasteiger partial charge in [0.15, 0.2) is 0 Å². The smallest absolute Gasteiger partial charge is 0.223 e. The number of carbonyl (C=O) groups is 1. The molecule has 82 valence electrons. The van der Waals surface area contributed by atoms with Crippen LogP contribution in [0.5, 0.6) is 0 Å². The van der Waals surface area contributed by atoms with Crippen LogP contribution in [0.15, 0.2) is 0 Å². The van der Waals surface area contributed by atoms with Crippen LogP contribution in [-0.4, -0.2) is 25.0 Å². The van der Waals surface area contributed by atoms with Gasteiger partial charge in [0.1, 0.15) is 0 Å². The Morgan fingerprint density at radius 2 is 2.21 bits per heavy atom. The van der Waals surface area contributed by atoms with Crippen LogP contribution in [0.3, 0.4) is 0 Å². The Morgan fingerprint density at radius 3 is 2.71 bits per heavy atom. The Hall–Kier alpha value is -0.570. The van der Waals surface area contributed by atoms with Crippen molar-refractivity contribution >= 4 is 5.91 Å². The quantitative estimate of drug-likeness (QED) is 0.714. The topological polar surface area (TPSA) is 41.1 Å². The molecule has 0 aromatic rings. The third-order valence-electron chi connectivity index (χ3n) is 3.00. The Morgan fingerprint density at radius 1 is 1.50 bits per heavy atom. The van der Waals surface area contributed by atoms with Gasteiger partial charge in [0.2, 0.25) is 5.91 Å². The van der Waals surface area contributed by atoms with Gasteiger partial charge in [-0.2, -0.15) is 0 Å². The maximum atomic E-state index is 11.7. The second-order valence-corrected chi connectivity index (χ2v) is 4.07. The molecule has 1 amide bonds. The van der Waals surface area contributed by atoms with Gasteiger partial charge in [-0.1, -0.05) is 13.8 Å². The maximum Gasteiger partial charge on any atom is 0.223 e. The van der Waals surface area contributed by atoms with Crippen molar-refractivity contribution < 1.29 is 4.79 Å². The molecule has 0 aromatic carbocycles. The van der Waals surface area contributed by atoms with Crippen LogP contribution in [0.25, 0.3) is 0 Å². The zero-order valence-corrected chi connectivity index (χ0v) is 9.31. The average molecular weight is 198 g/mol. The fraction of sp³-hybridized carbons (Fsp3) is 0.909. The van der Waals surface area contributed by atoms with E-state index in [9.17, 15) is 4.79 Å². The van der Waals surface area contributed by atoms with E-state index < -0.39 is 0 Å². The lowest BCUT2D eigenvalue weighted by molar-refractivity contribution is -0.126. The summed E-state index contributed by atoms with van der Waals surface area (Å²) in [5.41, 5.74) is 0. The van der Waals surface area contributed by atoms with E-state index in [0.717, 1.165) is 32.4 Å². The van der Waals surface area contributed by atoms with E-state index >= 15 is 0 Å². The molecular weight excluding hydrogens is 176 g/mol. The number of piperidine rings is 1. The molecule has 1 atom stereocenters. The van der Waals surface area contributed by atoms with Gasteiger partial charge in [0.25, 0.3) is 0 Å². The monoisotopic (exact) mass is 198 g/mol. The molecule has 2 N–H and O–H groups in total. The zero-order chi connectivity index (χ0) is 10.4. The number of hydrogen-bond donors (Lipinski definition) is 2. The fourth-order valence-corrected chi connectivity index (χ4v) is 1.95. The molecule has 0 saturated carbocycles. The Labute approximate surface area is 86.6 Å². The first-order valence-corrected chi connectivity index (χ1v) is 5.79. The minimum atomic E-state index is 0.205. The van der Waals surface area contributed by atoms with Crippen molar-refractivity contribution in [3.8, 4) is 0 Å². The molecule has 0 aromatic heterocycles. The summed E-state index contributed by atoms with van der Waals surface area (Å²) >= 11 is 0. The number of nitrogens with one attached hydrogen (secondary N) is 2. The lowest BCUT2D eigenvalue weighted by atomic mass is 10.0. The number of amides is 1. The van der Waals surface area contributed by atoms with E-state index in [0.29, 0.717) is 6.04 Å². The molecule has 1 aliphatic heterocycles. The van der Waals surface area contributed by atoms with Gasteiger partial charge in [-0.05, 0) is 32.2 Å². The molecule has 3 nitrogen and oxygen atoms in total. The van der Waals surface area contributed by atoms with Crippen LogP contribution in [0.1, 0.15) is 39.5 Å². The Bertz CT molecular complexity index is 172. The van der Waals surface area contributed by atoms with Crippen molar-refractivity contribution in [1.82, 2.24) is 10.6 Å². The first kappa shape index (κ1) is 11.5. The second kappa shape index (κ2) is 6.02. The first-order valence-electron chi connectivity index (χ1n) is 5.79. The third-order valence-corrected chi connectivity index (χ3v) is 3.00. The van der Waals surface area contributed by atoms with Crippen molar-refractivity contribution in [3.05, 3.63) is 0 Å². The minimum Gasteiger partial charge on any atom is -0.352 e. The van der Waals surface area contributed by atoms with Gasteiger partial charge < -0.3 is 10.6 Å². The normalized spacial score (nSPS) is 22.4.